The lowest BCUT2D eigenvalue weighted by Crippen LogP contribution is -2.32. The fraction of sp³-hybridized carbons (Fsp3) is 0.214. The maximum Gasteiger partial charge on any atom is 0.340 e. The SMILES string of the molecule is Cc1nsc(NC(=O)C2Cc3ccccc3N2)c1C(=O)O. The molecule has 7 heteroatoms. The number of carboxylic acid groups (broad SMARTS) is 1. The Morgan fingerprint density at radius 2 is 2.19 bits per heavy atom. The first-order valence-corrected chi connectivity index (χ1v) is 7.18. The van der Waals surface area contributed by atoms with Crippen molar-refractivity contribution < 1.29 is 14.7 Å². The lowest BCUT2D eigenvalue weighted by Gasteiger charge is -2.11. The summed E-state index contributed by atoms with van der Waals surface area (Å²) in [6.45, 7) is 1.61. The molecule has 1 amide bonds. The smallest absolute Gasteiger partial charge is 0.340 e. The van der Waals surface area contributed by atoms with Gasteiger partial charge in [-0.05, 0) is 30.1 Å². The molecular weight excluding hydrogens is 290 g/mol. The van der Waals surface area contributed by atoms with E-state index in [2.05, 4.69) is 15.0 Å². The van der Waals surface area contributed by atoms with Gasteiger partial charge in [0.05, 0.1) is 5.69 Å². The van der Waals surface area contributed by atoms with Crippen LogP contribution in [0.3, 0.4) is 0 Å². The molecule has 1 aliphatic rings. The van der Waals surface area contributed by atoms with Crippen LogP contribution in [0.5, 0.6) is 0 Å². The van der Waals surface area contributed by atoms with Crippen LogP contribution in [-0.2, 0) is 11.2 Å². The van der Waals surface area contributed by atoms with Crippen LogP contribution in [0.4, 0.5) is 10.7 Å². The molecule has 2 aromatic rings. The number of hydrogen-bond acceptors (Lipinski definition) is 5. The monoisotopic (exact) mass is 303 g/mol. The van der Waals surface area contributed by atoms with E-state index in [1.807, 2.05) is 24.3 Å². The quantitative estimate of drug-likeness (QED) is 0.808. The number of hydrogen-bond donors (Lipinski definition) is 3. The zero-order chi connectivity index (χ0) is 15.0. The van der Waals surface area contributed by atoms with E-state index >= 15 is 0 Å². The van der Waals surface area contributed by atoms with Crippen LogP contribution in [0, 0.1) is 6.92 Å². The number of aromatic carboxylic acids is 1. The number of para-hydroxylation sites is 1. The third-order valence-corrected chi connectivity index (χ3v) is 4.25. The third-order valence-electron chi connectivity index (χ3n) is 3.40. The number of nitrogens with zero attached hydrogens (tertiary/aromatic N) is 1. The molecule has 3 rings (SSSR count). The number of carboxylic acids is 1. The normalized spacial score (nSPS) is 16.1. The lowest BCUT2D eigenvalue weighted by molar-refractivity contribution is -0.116. The molecule has 6 nitrogen and oxygen atoms in total. The highest BCUT2D eigenvalue weighted by atomic mass is 32.1. The second-order valence-electron chi connectivity index (χ2n) is 4.82. The van der Waals surface area contributed by atoms with Gasteiger partial charge in [-0.1, -0.05) is 18.2 Å². The zero-order valence-corrected chi connectivity index (χ0v) is 12.0. The summed E-state index contributed by atoms with van der Waals surface area (Å²) >= 11 is 0.985. The van der Waals surface area contributed by atoms with Crippen molar-refractivity contribution in [2.75, 3.05) is 10.6 Å². The Bertz CT molecular complexity index is 701. The molecule has 3 N–H and O–H groups in total. The van der Waals surface area contributed by atoms with Crippen molar-refractivity contribution in [3.05, 3.63) is 41.1 Å². The van der Waals surface area contributed by atoms with Crippen LogP contribution in [0.25, 0.3) is 0 Å². The Morgan fingerprint density at radius 1 is 1.43 bits per heavy atom. The van der Waals surface area contributed by atoms with Crippen LogP contribution in [0.15, 0.2) is 24.3 Å². The molecule has 1 atom stereocenters. The molecule has 1 aromatic carbocycles. The van der Waals surface area contributed by atoms with Crippen LogP contribution in [0.1, 0.15) is 21.6 Å². The van der Waals surface area contributed by atoms with Gasteiger partial charge in [-0.3, -0.25) is 4.79 Å². The van der Waals surface area contributed by atoms with Gasteiger partial charge in [-0.25, -0.2) is 4.79 Å². The minimum absolute atomic E-state index is 0.0591. The summed E-state index contributed by atoms with van der Waals surface area (Å²) in [7, 11) is 0. The molecule has 21 heavy (non-hydrogen) atoms. The van der Waals surface area contributed by atoms with Gasteiger partial charge in [0.25, 0.3) is 0 Å². The number of anilines is 2. The van der Waals surface area contributed by atoms with E-state index in [4.69, 9.17) is 5.11 Å². The Kier molecular flexibility index (Phi) is 3.34. The van der Waals surface area contributed by atoms with Crippen molar-refractivity contribution in [3.8, 4) is 0 Å². The second-order valence-corrected chi connectivity index (χ2v) is 5.60. The summed E-state index contributed by atoms with van der Waals surface area (Å²) in [6.07, 6.45) is 0.586. The van der Waals surface area contributed by atoms with Crippen LogP contribution in [0.2, 0.25) is 0 Å². The van der Waals surface area contributed by atoms with Gasteiger partial charge in [0, 0.05) is 12.1 Å². The van der Waals surface area contributed by atoms with E-state index < -0.39 is 12.0 Å². The summed E-state index contributed by atoms with van der Waals surface area (Å²) in [5, 5.41) is 15.2. The van der Waals surface area contributed by atoms with E-state index in [1.165, 1.54) is 0 Å². The van der Waals surface area contributed by atoms with E-state index in [-0.39, 0.29) is 16.5 Å². The number of rotatable bonds is 3. The van der Waals surface area contributed by atoms with Crippen LogP contribution < -0.4 is 10.6 Å². The predicted molar refractivity (Wildman–Crippen MR) is 80.0 cm³/mol. The maximum atomic E-state index is 12.3. The number of carbonyl (C=O) groups excluding carboxylic acids is 1. The van der Waals surface area contributed by atoms with Gasteiger partial charge >= 0.3 is 5.97 Å². The largest absolute Gasteiger partial charge is 0.478 e. The standard InChI is InChI=1S/C14H13N3O3S/c1-7-11(14(19)20)13(21-17-7)16-12(18)10-6-8-4-2-3-5-9(8)15-10/h2-5,10,15H,6H2,1H3,(H,16,18)(H,19,20). The topological polar surface area (TPSA) is 91.3 Å². The van der Waals surface area contributed by atoms with Gasteiger partial charge in [-0.2, -0.15) is 4.37 Å². The molecule has 1 unspecified atom stereocenters. The van der Waals surface area contributed by atoms with Gasteiger partial charge in [0.15, 0.2) is 0 Å². The van der Waals surface area contributed by atoms with Crippen molar-refractivity contribution in [2.45, 2.75) is 19.4 Å². The molecule has 0 fully saturated rings. The van der Waals surface area contributed by atoms with E-state index in [9.17, 15) is 9.59 Å². The summed E-state index contributed by atoms with van der Waals surface area (Å²) in [4.78, 5) is 23.5. The minimum atomic E-state index is -1.08. The van der Waals surface area contributed by atoms with Gasteiger partial charge in [0.1, 0.15) is 16.6 Å². The number of aromatic nitrogens is 1. The van der Waals surface area contributed by atoms with Crippen LogP contribution >= 0.6 is 11.5 Å². The molecule has 1 aliphatic heterocycles. The van der Waals surface area contributed by atoms with Crippen LogP contribution in [-0.4, -0.2) is 27.4 Å². The third kappa shape index (κ3) is 2.47. The lowest BCUT2D eigenvalue weighted by atomic mass is 10.1. The Labute approximate surface area is 125 Å². The van der Waals surface area contributed by atoms with E-state index in [0.717, 1.165) is 22.8 Å². The van der Waals surface area contributed by atoms with Crippen molar-refractivity contribution in [1.82, 2.24) is 4.37 Å². The van der Waals surface area contributed by atoms with Gasteiger partial charge in [-0.15, -0.1) is 0 Å². The number of fused-ring (bicyclic) bond motifs is 1. The van der Waals surface area contributed by atoms with Gasteiger partial charge < -0.3 is 15.7 Å². The van der Waals surface area contributed by atoms with Crippen molar-refractivity contribution in [1.29, 1.82) is 0 Å². The Hall–Kier alpha value is -2.41. The van der Waals surface area contributed by atoms with Crippen molar-refractivity contribution in [3.63, 3.8) is 0 Å². The van der Waals surface area contributed by atoms with E-state index in [0.29, 0.717) is 12.1 Å². The highest BCUT2D eigenvalue weighted by Gasteiger charge is 2.28. The average Bonchev–Trinajstić information content (AvgIpc) is 3.02. The van der Waals surface area contributed by atoms with Crippen molar-refractivity contribution in [2.24, 2.45) is 0 Å². The molecule has 0 aliphatic carbocycles. The Balaban J connectivity index is 1.76. The Morgan fingerprint density at radius 3 is 2.90 bits per heavy atom. The number of benzene rings is 1. The molecule has 2 heterocycles. The number of carbonyl (C=O) groups is 2. The first-order chi connectivity index (χ1) is 10.1. The summed E-state index contributed by atoms with van der Waals surface area (Å²) in [5.74, 6) is -1.34. The summed E-state index contributed by atoms with van der Waals surface area (Å²) in [6, 6.07) is 7.32. The molecule has 0 saturated heterocycles. The number of aryl methyl sites for hydroxylation is 1. The zero-order valence-electron chi connectivity index (χ0n) is 11.2. The molecule has 1 aromatic heterocycles. The average molecular weight is 303 g/mol. The molecule has 0 radical (unpaired) electrons. The molecule has 108 valence electrons. The molecule has 0 bridgehead atoms. The highest BCUT2D eigenvalue weighted by Crippen LogP contribution is 2.28. The first-order valence-electron chi connectivity index (χ1n) is 6.41. The number of amides is 1. The molecular formula is C14H13N3O3S. The van der Waals surface area contributed by atoms with Crippen molar-refractivity contribution >= 4 is 34.1 Å². The van der Waals surface area contributed by atoms with Gasteiger partial charge in [0.2, 0.25) is 5.91 Å². The van der Waals surface area contributed by atoms with E-state index in [1.54, 1.807) is 6.92 Å². The molecule has 0 saturated carbocycles. The summed E-state index contributed by atoms with van der Waals surface area (Å²) < 4.78 is 3.98. The molecule has 0 spiro atoms. The maximum absolute atomic E-state index is 12.3. The summed E-state index contributed by atoms with van der Waals surface area (Å²) in [5.41, 5.74) is 2.49. The fourth-order valence-corrected chi connectivity index (χ4v) is 3.15. The second kappa shape index (κ2) is 5.17. The highest BCUT2D eigenvalue weighted by molar-refractivity contribution is 7.11. The minimum Gasteiger partial charge on any atom is -0.478 e. The first kappa shape index (κ1) is 13.6. The predicted octanol–water partition coefficient (Wildman–Crippen LogP) is 2.13. The number of nitrogens with one attached hydrogen (secondary N) is 2. The fourth-order valence-electron chi connectivity index (χ4n) is 2.36.